The molecule has 33 heavy (non-hydrogen) atoms. The number of pyridine rings is 1. The lowest BCUT2D eigenvalue weighted by Crippen LogP contribution is -2.43. The number of piperidine rings is 1. The number of halogens is 3. The number of hydrogen-bond donors (Lipinski definition) is 2. The Bertz CT molecular complexity index is 1320. The van der Waals surface area contributed by atoms with Crippen LogP contribution in [0.4, 0.5) is 18.9 Å². The largest absolute Gasteiger partial charge is 0.477 e. The molecule has 1 aliphatic rings. The molecule has 1 aromatic heterocycles. The summed E-state index contributed by atoms with van der Waals surface area (Å²) in [5, 5.41) is 19.5. The average Bonchev–Trinajstić information content (AvgIpc) is 2.75. The zero-order chi connectivity index (χ0) is 24.0. The Morgan fingerprint density at radius 2 is 1.91 bits per heavy atom. The van der Waals surface area contributed by atoms with Crippen LogP contribution in [0.1, 0.15) is 35.7 Å². The summed E-state index contributed by atoms with van der Waals surface area (Å²) in [5.41, 5.74) is -1.09. The van der Waals surface area contributed by atoms with Crippen molar-refractivity contribution in [2.24, 2.45) is 5.92 Å². The molecule has 6 nitrogen and oxygen atoms in total. The van der Waals surface area contributed by atoms with Gasteiger partial charge in [-0.3, -0.25) is 4.79 Å². The maximum Gasteiger partial charge on any atom is 0.341 e. The first-order chi connectivity index (χ1) is 15.6. The van der Waals surface area contributed by atoms with Crippen LogP contribution in [0, 0.1) is 30.3 Å². The second kappa shape index (κ2) is 8.55. The minimum absolute atomic E-state index is 0.0700. The summed E-state index contributed by atoms with van der Waals surface area (Å²) in [6.07, 6.45) is 1.61. The zero-order valence-corrected chi connectivity index (χ0v) is 18.1. The van der Waals surface area contributed by atoms with Gasteiger partial charge in [0.2, 0.25) is 5.43 Å². The van der Waals surface area contributed by atoms with Crippen molar-refractivity contribution in [3.05, 3.63) is 69.3 Å². The smallest absolute Gasteiger partial charge is 0.341 e. The van der Waals surface area contributed by atoms with Crippen molar-refractivity contribution in [2.45, 2.75) is 32.8 Å². The van der Waals surface area contributed by atoms with E-state index in [1.165, 1.54) is 0 Å². The molecule has 2 N–H and O–H groups in total. The minimum atomic E-state index is -1.55. The van der Waals surface area contributed by atoms with Crippen LogP contribution >= 0.6 is 0 Å². The van der Waals surface area contributed by atoms with E-state index in [2.05, 4.69) is 0 Å². The Balaban J connectivity index is 2.04. The summed E-state index contributed by atoms with van der Waals surface area (Å²) in [7, 11) is 0. The van der Waals surface area contributed by atoms with Crippen LogP contribution in [-0.2, 0) is 0 Å². The molecule has 4 rings (SSSR count). The number of benzene rings is 2. The van der Waals surface area contributed by atoms with Crippen LogP contribution < -0.4 is 10.3 Å². The Morgan fingerprint density at radius 3 is 2.55 bits per heavy atom. The second-order valence-electron chi connectivity index (χ2n) is 8.34. The molecule has 1 saturated heterocycles. The van der Waals surface area contributed by atoms with Gasteiger partial charge in [0.05, 0.1) is 28.4 Å². The number of aliphatic hydroxyl groups is 1. The van der Waals surface area contributed by atoms with Crippen LogP contribution in [0.15, 0.2) is 35.3 Å². The van der Waals surface area contributed by atoms with Gasteiger partial charge in [-0.15, -0.1) is 0 Å². The molecule has 2 heterocycles. The number of aliphatic hydroxyl groups excluding tert-OH is 1. The number of aromatic nitrogens is 1. The van der Waals surface area contributed by atoms with E-state index in [0.29, 0.717) is 37.6 Å². The van der Waals surface area contributed by atoms with Gasteiger partial charge in [0.15, 0.2) is 0 Å². The minimum Gasteiger partial charge on any atom is -0.477 e. The van der Waals surface area contributed by atoms with E-state index in [1.54, 1.807) is 11.8 Å². The van der Waals surface area contributed by atoms with E-state index >= 15 is 4.39 Å². The first-order valence-electron chi connectivity index (χ1n) is 10.6. The van der Waals surface area contributed by atoms with Crippen LogP contribution in [0.2, 0.25) is 0 Å². The molecule has 1 aliphatic heterocycles. The number of carbonyl (C=O) groups is 1. The molecule has 0 amide bonds. The van der Waals surface area contributed by atoms with E-state index < -0.39 is 40.5 Å². The molecular weight excluding hydrogens is 437 g/mol. The molecule has 0 spiro atoms. The normalized spacial score (nSPS) is 18.7. The zero-order valence-electron chi connectivity index (χ0n) is 18.1. The lowest BCUT2D eigenvalue weighted by atomic mass is 9.91. The van der Waals surface area contributed by atoms with Gasteiger partial charge in [0.25, 0.3) is 0 Å². The number of aromatic carboxylic acids is 1. The third-order valence-electron chi connectivity index (χ3n) is 6.39. The third-order valence-corrected chi connectivity index (χ3v) is 6.39. The Labute approximate surface area is 187 Å². The van der Waals surface area contributed by atoms with Crippen molar-refractivity contribution in [1.82, 2.24) is 4.57 Å². The Hall–Kier alpha value is -3.33. The Morgan fingerprint density at radius 1 is 1.18 bits per heavy atom. The molecule has 0 bridgehead atoms. The number of rotatable bonds is 4. The molecule has 3 aromatic rings. The molecule has 2 aromatic carbocycles. The van der Waals surface area contributed by atoms with Crippen LogP contribution in [-0.4, -0.2) is 39.9 Å². The molecule has 1 fully saturated rings. The summed E-state index contributed by atoms with van der Waals surface area (Å²) < 4.78 is 44.7. The molecule has 0 saturated carbocycles. The fourth-order valence-corrected chi connectivity index (χ4v) is 4.67. The highest BCUT2D eigenvalue weighted by molar-refractivity contribution is 5.96. The standard InChI is InChI=1S/C24H23F3N2O4/c1-3-13-10-28(7-6-20(13)30)22-12(2)21-15(9-18(22)27)23(31)16(24(32)33)11-29(21)19-5-4-14(25)8-17(19)26/h4-5,8-9,11,13,20,30H,3,6-7,10H2,1-2H3,(H,32,33)/t13-,20-/m1/s1. The molecule has 0 radical (unpaired) electrons. The van der Waals surface area contributed by atoms with Gasteiger partial charge < -0.3 is 19.7 Å². The molecular formula is C24H23F3N2O4. The Kier molecular flexibility index (Phi) is 5.92. The number of carboxylic acid groups (broad SMARTS) is 1. The number of aryl methyl sites for hydroxylation is 1. The monoisotopic (exact) mass is 460 g/mol. The summed E-state index contributed by atoms with van der Waals surface area (Å²) in [5.74, 6) is -4.11. The van der Waals surface area contributed by atoms with Crippen LogP contribution in [0.5, 0.6) is 0 Å². The highest BCUT2D eigenvalue weighted by Gasteiger charge is 2.30. The number of fused-ring (bicyclic) bond motifs is 1. The van der Waals surface area contributed by atoms with Gasteiger partial charge in [0.1, 0.15) is 23.0 Å². The third kappa shape index (κ3) is 3.86. The highest BCUT2D eigenvalue weighted by Crippen LogP contribution is 2.35. The van der Waals surface area contributed by atoms with E-state index in [9.17, 15) is 28.6 Å². The van der Waals surface area contributed by atoms with Gasteiger partial charge >= 0.3 is 5.97 Å². The van der Waals surface area contributed by atoms with Gasteiger partial charge in [-0.25, -0.2) is 18.0 Å². The summed E-state index contributed by atoms with van der Waals surface area (Å²) >= 11 is 0. The first-order valence-corrected chi connectivity index (χ1v) is 10.6. The summed E-state index contributed by atoms with van der Waals surface area (Å²) in [6.45, 7) is 4.28. The summed E-state index contributed by atoms with van der Waals surface area (Å²) in [4.78, 5) is 26.3. The predicted octanol–water partition coefficient (Wildman–Crippen LogP) is 4.01. The van der Waals surface area contributed by atoms with Crippen LogP contribution in [0.3, 0.4) is 0 Å². The number of hydrogen-bond acceptors (Lipinski definition) is 4. The predicted molar refractivity (Wildman–Crippen MR) is 118 cm³/mol. The van der Waals surface area contributed by atoms with Gasteiger partial charge in [-0.1, -0.05) is 6.92 Å². The quantitative estimate of drug-likeness (QED) is 0.615. The van der Waals surface area contributed by atoms with Crippen molar-refractivity contribution in [3.63, 3.8) is 0 Å². The van der Waals surface area contributed by atoms with Gasteiger partial charge in [-0.2, -0.15) is 0 Å². The van der Waals surface area contributed by atoms with E-state index in [4.69, 9.17) is 0 Å². The fourth-order valence-electron chi connectivity index (χ4n) is 4.67. The van der Waals surface area contributed by atoms with Crippen molar-refractivity contribution in [2.75, 3.05) is 18.0 Å². The van der Waals surface area contributed by atoms with Crippen molar-refractivity contribution in [1.29, 1.82) is 0 Å². The molecule has 9 heteroatoms. The molecule has 0 aliphatic carbocycles. The van der Waals surface area contributed by atoms with E-state index in [0.717, 1.165) is 29.0 Å². The fraction of sp³-hybridized carbons (Fsp3) is 0.333. The lowest BCUT2D eigenvalue weighted by molar-refractivity contribution is 0.0695. The first kappa shape index (κ1) is 22.8. The SMILES string of the molecule is CC[C@@H]1CN(c2c(F)cc3c(=O)c(C(=O)O)cn(-c4ccc(F)cc4F)c3c2C)CC[C@H]1O. The van der Waals surface area contributed by atoms with Crippen molar-refractivity contribution >= 4 is 22.6 Å². The average molecular weight is 460 g/mol. The molecule has 174 valence electrons. The lowest BCUT2D eigenvalue weighted by Gasteiger charge is -2.38. The van der Waals surface area contributed by atoms with Crippen molar-refractivity contribution in [3.8, 4) is 5.69 Å². The highest BCUT2D eigenvalue weighted by atomic mass is 19.1. The van der Waals surface area contributed by atoms with E-state index in [1.807, 2.05) is 6.92 Å². The maximum absolute atomic E-state index is 15.3. The van der Waals surface area contributed by atoms with Gasteiger partial charge in [-0.05, 0) is 38.0 Å². The number of carboxylic acids is 1. The second-order valence-corrected chi connectivity index (χ2v) is 8.34. The molecule has 2 atom stereocenters. The topological polar surface area (TPSA) is 82.8 Å². The number of anilines is 1. The molecule has 0 unspecified atom stereocenters. The summed E-state index contributed by atoms with van der Waals surface area (Å²) in [6, 6.07) is 3.77. The van der Waals surface area contributed by atoms with Gasteiger partial charge in [0, 0.05) is 36.8 Å². The van der Waals surface area contributed by atoms with Crippen molar-refractivity contribution < 1.29 is 28.2 Å². The van der Waals surface area contributed by atoms with E-state index in [-0.39, 0.29) is 28.2 Å². The maximum atomic E-state index is 15.3. The van der Waals surface area contributed by atoms with Crippen LogP contribution in [0.25, 0.3) is 16.6 Å². The number of nitrogens with zero attached hydrogens (tertiary/aromatic N) is 2.